The van der Waals surface area contributed by atoms with Crippen LogP contribution in [0.4, 0.5) is 0 Å². The summed E-state index contributed by atoms with van der Waals surface area (Å²) in [6.07, 6.45) is 1.51. The average Bonchev–Trinajstić information content (AvgIpc) is 2.92. The van der Waals surface area contributed by atoms with Gasteiger partial charge in [-0.3, -0.25) is 9.59 Å². The zero-order chi connectivity index (χ0) is 15.1. The maximum absolute atomic E-state index is 12.2. The highest BCUT2D eigenvalue weighted by Crippen LogP contribution is 2.31. The van der Waals surface area contributed by atoms with Gasteiger partial charge in [0.15, 0.2) is 0 Å². The van der Waals surface area contributed by atoms with Crippen LogP contribution in [0.25, 0.3) is 0 Å². The molecule has 0 aromatic carbocycles. The van der Waals surface area contributed by atoms with E-state index in [0.29, 0.717) is 14.8 Å². The second kappa shape index (κ2) is 5.70. The Bertz CT molecular complexity index is 684. The molecule has 106 valence electrons. The molecule has 8 heteroatoms. The summed E-state index contributed by atoms with van der Waals surface area (Å²) in [4.78, 5) is 24.6. The number of halogens is 4. The largest absolute Gasteiger partial charge is 0.347 e. The van der Waals surface area contributed by atoms with Crippen LogP contribution in [0.1, 0.15) is 25.7 Å². The summed E-state index contributed by atoms with van der Waals surface area (Å²) in [6.45, 7) is 0. The Kier molecular flexibility index (Phi) is 4.52. The van der Waals surface area contributed by atoms with Crippen LogP contribution in [0, 0.1) is 0 Å². The third-order valence-electron chi connectivity index (χ3n) is 2.55. The number of nitrogens with zero attached hydrogens (tertiary/aromatic N) is 1. The molecule has 3 nitrogen and oxygen atoms in total. The predicted octanol–water partition coefficient (Wildman–Crippen LogP) is 4.52. The number of thiophene rings is 1. The lowest BCUT2D eigenvalue weighted by Crippen LogP contribution is -2.21. The molecule has 0 radical (unpaired) electrons. The van der Waals surface area contributed by atoms with Gasteiger partial charge in [0.2, 0.25) is 11.6 Å². The van der Waals surface area contributed by atoms with Gasteiger partial charge in [-0.2, -0.15) is 0 Å². The van der Waals surface area contributed by atoms with Crippen LogP contribution in [-0.4, -0.2) is 19.9 Å². The summed E-state index contributed by atoms with van der Waals surface area (Å²) < 4.78 is -0.0902. The summed E-state index contributed by atoms with van der Waals surface area (Å²) in [5, 5.41) is 0. The summed E-state index contributed by atoms with van der Waals surface area (Å²) >= 11 is 23.7. The van der Waals surface area contributed by atoms with Crippen molar-refractivity contribution >= 4 is 69.3 Å². The van der Waals surface area contributed by atoms with Crippen molar-refractivity contribution in [3.05, 3.63) is 44.9 Å². The number of carbonyl (C=O) groups is 2. The van der Waals surface area contributed by atoms with Gasteiger partial charge in [-0.25, -0.2) is 0 Å². The van der Waals surface area contributed by atoms with E-state index in [9.17, 15) is 9.59 Å². The number of rotatable bonds is 3. The molecular formula is C12H7Cl4NO2S. The summed E-state index contributed by atoms with van der Waals surface area (Å²) in [6, 6.07) is 4.66. The standard InChI is InChI=1S/C12H7Cl4NO2S/c1-17-5-6(4-7(17)11(19)12(14,15)16)10(18)8-2-3-9(13)20-8/h2-5H,1H3. The van der Waals surface area contributed by atoms with Crippen LogP contribution in [0.15, 0.2) is 24.4 Å². The number of aryl methyl sites for hydroxylation is 1. The van der Waals surface area contributed by atoms with Crippen LogP contribution in [0.3, 0.4) is 0 Å². The Labute approximate surface area is 139 Å². The first kappa shape index (κ1) is 15.9. The first-order chi connectivity index (χ1) is 9.20. The normalized spacial score (nSPS) is 11.7. The monoisotopic (exact) mass is 369 g/mol. The molecule has 0 unspecified atom stereocenters. The number of Topliss-reactive ketones (excluding diaryl/α,β-unsaturated/α-hetero) is 1. The Morgan fingerprint density at radius 2 is 1.90 bits per heavy atom. The van der Waals surface area contributed by atoms with Crippen molar-refractivity contribution in [2.75, 3.05) is 0 Å². The van der Waals surface area contributed by atoms with E-state index in [0.717, 1.165) is 11.3 Å². The van der Waals surface area contributed by atoms with Crippen molar-refractivity contribution in [2.45, 2.75) is 3.79 Å². The Morgan fingerprint density at radius 1 is 1.25 bits per heavy atom. The maximum Gasteiger partial charge on any atom is 0.255 e. The van der Waals surface area contributed by atoms with Gasteiger partial charge in [0.05, 0.1) is 14.9 Å². The number of hydrogen-bond donors (Lipinski definition) is 0. The Morgan fingerprint density at radius 3 is 2.40 bits per heavy atom. The third-order valence-corrected chi connectivity index (χ3v) is 4.30. The molecule has 0 fully saturated rings. The quantitative estimate of drug-likeness (QED) is 0.588. The number of aromatic nitrogens is 1. The van der Waals surface area contributed by atoms with Gasteiger partial charge in [-0.05, 0) is 18.2 Å². The molecule has 0 N–H and O–H groups in total. The Balaban J connectivity index is 2.37. The molecule has 0 amide bonds. The fourth-order valence-electron chi connectivity index (χ4n) is 1.64. The molecule has 0 aliphatic carbocycles. The van der Waals surface area contributed by atoms with Crippen LogP contribution in [0.5, 0.6) is 0 Å². The zero-order valence-corrected chi connectivity index (χ0v) is 13.8. The molecule has 2 aromatic rings. The minimum atomic E-state index is -2.06. The molecule has 2 rings (SSSR count). The fourth-order valence-corrected chi connectivity index (χ4v) is 2.93. The van der Waals surface area contributed by atoms with Crippen LogP contribution in [-0.2, 0) is 7.05 Å². The maximum atomic E-state index is 12.2. The molecule has 0 saturated heterocycles. The molecule has 0 saturated carbocycles. The number of alkyl halides is 3. The minimum Gasteiger partial charge on any atom is -0.347 e. The minimum absolute atomic E-state index is 0.149. The van der Waals surface area contributed by atoms with Gasteiger partial charge in [-0.1, -0.05) is 46.4 Å². The van der Waals surface area contributed by atoms with E-state index in [1.165, 1.54) is 16.8 Å². The molecule has 2 heterocycles. The van der Waals surface area contributed by atoms with E-state index in [-0.39, 0.29) is 11.5 Å². The molecule has 0 bridgehead atoms. The number of hydrogen-bond acceptors (Lipinski definition) is 3. The summed E-state index contributed by atoms with van der Waals surface area (Å²) in [7, 11) is 1.60. The molecule has 0 spiro atoms. The molecule has 0 aliphatic rings. The van der Waals surface area contributed by atoms with Gasteiger partial charge >= 0.3 is 0 Å². The summed E-state index contributed by atoms with van der Waals surface area (Å²) in [5.74, 6) is -0.922. The van der Waals surface area contributed by atoms with Crippen LogP contribution in [0.2, 0.25) is 4.34 Å². The van der Waals surface area contributed by atoms with Crippen LogP contribution >= 0.6 is 57.7 Å². The van der Waals surface area contributed by atoms with Crippen molar-refractivity contribution in [1.82, 2.24) is 4.57 Å². The second-order valence-electron chi connectivity index (χ2n) is 3.98. The lowest BCUT2D eigenvalue weighted by molar-refractivity contribution is 0.0988. The SMILES string of the molecule is Cn1cc(C(=O)c2ccc(Cl)s2)cc1C(=O)C(Cl)(Cl)Cl. The molecule has 0 atom stereocenters. The average molecular weight is 371 g/mol. The van der Waals surface area contributed by atoms with Crippen molar-refractivity contribution in [3.8, 4) is 0 Å². The van der Waals surface area contributed by atoms with E-state index in [4.69, 9.17) is 46.4 Å². The van der Waals surface area contributed by atoms with Gasteiger partial charge in [0.1, 0.15) is 0 Å². The van der Waals surface area contributed by atoms with Crippen molar-refractivity contribution < 1.29 is 9.59 Å². The van der Waals surface area contributed by atoms with Crippen molar-refractivity contribution in [2.24, 2.45) is 7.05 Å². The van der Waals surface area contributed by atoms with E-state index in [2.05, 4.69) is 0 Å². The molecule has 20 heavy (non-hydrogen) atoms. The van der Waals surface area contributed by atoms with E-state index < -0.39 is 9.58 Å². The van der Waals surface area contributed by atoms with Crippen LogP contribution < -0.4 is 0 Å². The topological polar surface area (TPSA) is 39.1 Å². The van der Waals surface area contributed by atoms with Gasteiger partial charge in [0.25, 0.3) is 3.79 Å². The highest BCUT2D eigenvalue weighted by atomic mass is 35.6. The zero-order valence-electron chi connectivity index (χ0n) is 9.99. The van der Waals surface area contributed by atoms with Crippen molar-refractivity contribution in [1.29, 1.82) is 0 Å². The highest BCUT2D eigenvalue weighted by molar-refractivity contribution is 7.18. The van der Waals surface area contributed by atoms with E-state index in [1.807, 2.05) is 0 Å². The first-order valence-corrected chi connectivity index (χ1v) is 7.61. The van der Waals surface area contributed by atoms with E-state index >= 15 is 0 Å². The summed E-state index contributed by atoms with van der Waals surface area (Å²) in [5.41, 5.74) is 0.486. The number of ketones is 2. The van der Waals surface area contributed by atoms with Crippen molar-refractivity contribution in [3.63, 3.8) is 0 Å². The third kappa shape index (κ3) is 3.21. The van der Waals surface area contributed by atoms with E-state index in [1.54, 1.807) is 19.2 Å². The second-order valence-corrected chi connectivity index (χ2v) is 7.98. The van der Waals surface area contributed by atoms with Gasteiger partial charge in [0, 0.05) is 18.8 Å². The lowest BCUT2D eigenvalue weighted by atomic mass is 10.1. The number of carbonyl (C=O) groups excluding carboxylic acids is 2. The fraction of sp³-hybridized carbons (Fsp3) is 0.167. The first-order valence-electron chi connectivity index (χ1n) is 5.28. The highest BCUT2D eigenvalue weighted by Gasteiger charge is 2.34. The lowest BCUT2D eigenvalue weighted by Gasteiger charge is -2.09. The molecule has 0 aliphatic heterocycles. The van der Waals surface area contributed by atoms with Gasteiger partial charge < -0.3 is 4.57 Å². The predicted molar refractivity (Wildman–Crippen MR) is 82.8 cm³/mol. The molecule has 2 aromatic heterocycles. The van der Waals surface area contributed by atoms with Gasteiger partial charge in [-0.15, -0.1) is 11.3 Å². The molecular weight excluding hydrogens is 364 g/mol. The smallest absolute Gasteiger partial charge is 0.255 e. The Hall–Kier alpha value is -0.520.